The topological polar surface area (TPSA) is 73.1 Å². The Morgan fingerprint density at radius 3 is 2.74 bits per heavy atom. The fourth-order valence-electron chi connectivity index (χ4n) is 1.20. The standard InChI is InChI=1S/C11H17N5OS2/c1-15(2)10-13-14-11(19-10)18-8-5-9(17)16(3)7-4-6-12/h4-5,7-8H2,1-3H3. The first-order valence-corrected chi connectivity index (χ1v) is 7.59. The van der Waals surface area contributed by atoms with Crippen LogP contribution in [0.4, 0.5) is 5.13 Å². The summed E-state index contributed by atoms with van der Waals surface area (Å²) in [4.78, 5) is 15.2. The fraction of sp³-hybridized carbons (Fsp3) is 0.636. The van der Waals surface area contributed by atoms with E-state index in [0.717, 1.165) is 9.47 Å². The number of rotatable bonds is 7. The minimum Gasteiger partial charge on any atom is -0.353 e. The normalized spacial score (nSPS) is 10.0. The first kappa shape index (κ1) is 15.7. The number of aromatic nitrogens is 2. The number of thioether (sulfide) groups is 1. The lowest BCUT2D eigenvalue weighted by molar-refractivity contribution is -0.129. The molecule has 1 amide bonds. The van der Waals surface area contributed by atoms with Crippen LogP contribution < -0.4 is 4.90 Å². The molecular formula is C11H17N5OS2. The third kappa shape index (κ3) is 5.44. The minimum atomic E-state index is 0.0556. The molecule has 0 aliphatic rings. The maximum Gasteiger partial charge on any atom is 0.223 e. The van der Waals surface area contributed by atoms with Crippen molar-refractivity contribution in [3.05, 3.63) is 0 Å². The van der Waals surface area contributed by atoms with E-state index in [1.807, 2.05) is 25.1 Å². The average Bonchev–Trinajstić information content (AvgIpc) is 2.84. The van der Waals surface area contributed by atoms with Crippen molar-refractivity contribution < 1.29 is 4.79 Å². The van der Waals surface area contributed by atoms with E-state index in [-0.39, 0.29) is 5.91 Å². The monoisotopic (exact) mass is 299 g/mol. The summed E-state index contributed by atoms with van der Waals surface area (Å²) >= 11 is 3.05. The Balaban J connectivity index is 2.29. The van der Waals surface area contributed by atoms with Gasteiger partial charge in [-0.15, -0.1) is 10.2 Å². The molecule has 0 atom stereocenters. The smallest absolute Gasteiger partial charge is 0.223 e. The lowest BCUT2D eigenvalue weighted by Crippen LogP contribution is -2.27. The van der Waals surface area contributed by atoms with Gasteiger partial charge in [-0.3, -0.25) is 4.79 Å². The molecule has 0 fully saturated rings. The summed E-state index contributed by atoms with van der Waals surface area (Å²) < 4.78 is 0.871. The Kier molecular flexibility index (Phi) is 6.59. The Bertz CT molecular complexity index is 454. The van der Waals surface area contributed by atoms with Gasteiger partial charge in [0.05, 0.1) is 12.5 Å². The first-order chi connectivity index (χ1) is 9.04. The van der Waals surface area contributed by atoms with Crippen LogP contribution in [0, 0.1) is 11.3 Å². The van der Waals surface area contributed by atoms with E-state index in [0.29, 0.717) is 25.1 Å². The Morgan fingerprint density at radius 1 is 1.42 bits per heavy atom. The summed E-state index contributed by atoms with van der Waals surface area (Å²) in [5.41, 5.74) is 0. The highest BCUT2D eigenvalue weighted by Gasteiger charge is 2.10. The molecule has 8 heteroatoms. The van der Waals surface area contributed by atoms with Gasteiger partial charge >= 0.3 is 0 Å². The van der Waals surface area contributed by atoms with E-state index >= 15 is 0 Å². The third-order valence-corrected chi connectivity index (χ3v) is 4.53. The molecule has 0 radical (unpaired) electrons. The van der Waals surface area contributed by atoms with Crippen molar-refractivity contribution in [2.45, 2.75) is 17.2 Å². The number of amides is 1. The Morgan fingerprint density at radius 2 is 2.16 bits per heavy atom. The summed E-state index contributed by atoms with van der Waals surface area (Å²) in [5, 5.41) is 17.4. The van der Waals surface area contributed by atoms with Gasteiger partial charge in [0.15, 0.2) is 4.34 Å². The second-order valence-electron chi connectivity index (χ2n) is 4.07. The van der Waals surface area contributed by atoms with Crippen molar-refractivity contribution >= 4 is 34.1 Å². The Hall–Kier alpha value is -1.33. The maximum absolute atomic E-state index is 11.7. The van der Waals surface area contributed by atoms with Crippen LogP contribution in [-0.2, 0) is 4.79 Å². The summed E-state index contributed by atoms with van der Waals surface area (Å²) in [6, 6.07) is 2.03. The van der Waals surface area contributed by atoms with Gasteiger partial charge < -0.3 is 9.80 Å². The van der Waals surface area contributed by atoms with Crippen molar-refractivity contribution in [3.8, 4) is 6.07 Å². The van der Waals surface area contributed by atoms with E-state index in [2.05, 4.69) is 10.2 Å². The SMILES string of the molecule is CN(CCC#N)C(=O)CCSc1nnc(N(C)C)s1. The van der Waals surface area contributed by atoms with E-state index in [1.54, 1.807) is 11.9 Å². The second-order valence-corrected chi connectivity index (χ2v) is 6.36. The van der Waals surface area contributed by atoms with E-state index < -0.39 is 0 Å². The molecule has 6 nitrogen and oxygen atoms in total. The predicted molar refractivity (Wildman–Crippen MR) is 77.4 cm³/mol. The summed E-state index contributed by atoms with van der Waals surface area (Å²) in [7, 11) is 5.56. The zero-order valence-corrected chi connectivity index (χ0v) is 12.9. The summed E-state index contributed by atoms with van der Waals surface area (Å²) in [6.07, 6.45) is 0.821. The molecule has 0 bridgehead atoms. The predicted octanol–water partition coefficient (Wildman–Crippen LogP) is 1.46. The number of hydrogen-bond acceptors (Lipinski definition) is 7. The molecule has 0 spiro atoms. The number of anilines is 1. The largest absolute Gasteiger partial charge is 0.353 e. The summed E-state index contributed by atoms with van der Waals surface area (Å²) in [5.74, 6) is 0.734. The number of hydrogen-bond donors (Lipinski definition) is 0. The van der Waals surface area contributed by atoms with Crippen LogP contribution in [-0.4, -0.2) is 54.4 Å². The molecule has 0 aliphatic heterocycles. The molecule has 1 aromatic heterocycles. The zero-order valence-electron chi connectivity index (χ0n) is 11.3. The molecule has 0 aromatic carbocycles. The van der Waals surface area contributed by atoms with Crippen LogP contribution in [0.3, 0.4) is 0 Å². The van der Waals surface area contributed by atoms with Crippen LogP contribution >= 0.6 is 23.1 Å². The van der Waals surface area contributed by atoms with Crippen LogP contribution in [0.5, 0.6) is 0 Å². The number of carbonyl (C=O) groups is 1. The molecule has 0 aliphatic carbocycles. The van der Waals surface area contributed by atoms with Crippen molar-refractivity contribution in [2.75, 3.05) is 38.3 Å². The molecule has 0 saturated carbocycles. The van der Waals surface area contributed by atoms with E-state index in [1.165, 1.54) is 23.1 Å². The molecule has 0 unspecified atom stereocenters. The van der Waals surface area contributed by atoms with E-state index in [9.17, 15) is 4.79 Å². The average molecular weight is 299 g/mol. The van der Waals surface area contributed by atoms with Crippen LogP contribution in [0.1, 0.15) is 12.8 Å². The van der Waals surface area contributed by atoms with Gasteiger partial charge in [0, 0.05) is 39.9 Å². The molecule has 0 N–H and O–H groups in total. The van der Waals surface area contributed by atoms with Crippen LogP contribution in [0.2, 0.25) is 0 Å². The van der Waals surface area contributed by atoms with Gasteiger partial charge in [-0.1, -0.05) is 23.1 Å². The van der Waals surface area contributed by atoms with Crippen LogP contribution in [0.25, 0.3) is 0 Å². The zero-order chi connectivity index (χ0) is 14.3. The van der Waals surface area contributed by atoms with Crippen molar-refractivity contribution in [3.63, 3.8) is 0 Å². The molecule has 1 heterocycles. The lowest BCUT2D eigenvalue weighted by Gasteiger charge is -2.14. The van der Waals surface area contributed by atoms with Crippen LogP contribution in [0.15, 0.2) is 4.34 Å². The highest BCUT2D eigenvalue weighted by Crippen LogP contribution is 2.27. The molecule has 19 heavy (non-hydrogen) atoms. The maximum atomic E-state index is 11.7. The van der Waals surface area contributed by atoms with Gasteiger partial charge in [0.2, 0.25) is 11.0 Å². The highest BCUT2D eigenvalue weighted by atomic mass is 32.2. The first-order valence-electron chi connectivity index (χ1n) is 5.79. The van der Waals surface area contributed by atoms with Gasteiger partial charge in [-0.25, -0.2) is 0 Å². The number of nitriles is 1. The van der Waals surface area contributed by atoms with Crippen molar-refractivity contribution in [1.29, 1.82) is 5.26 Å². The third-order valence-electron chi connectivity index (χ3n) is 2.30. The minimum absolute atomic E-state index is 0.0556. The van der Waals surface area contributed by atoms with Gasteiger partial charge in [0.25, 0.3) is 0 Å². The molecule has 0 saturated heterocycles. The molecule has 1 aromatic rings. The van der Waals surface area contributed by atoms with Crippen molar-refractivity contribution in [1.82, 2.24) is 15.1 Å². The Labute approximate surface area is 121 Å². The van der Waals surface area contributed by atoms with E-state index in [4.69, 9.17) is 5.26 Å². The molecule has 1 rings (SSSR count). The number of nitrogens with zero attached hydrogens (tertiary/aromatic N) is 5. The van der Waals surface area contributed by atoms with Gasteiger partial charge in [0.1, 0.15) is 0 Å². The fourth-order valence-corrected chi connectivity index (χ4v) is 2.96. The summed E-state index contributed by atoms with van der Waals surface area (Å²) in [6.45, 7) is 0.490. The molecular weight excluding hydrogens is 282 g/mol. The molecule has 104 valence electrons. The van der Waals surface area contributed by atoms with Gasteiger partial charge in [-0.2, -0.15) is 5.26 Å². The lowest BCUT2D eigenvalue weighted by atomic mass is 10.3. The highest BCUT2D eigenvalue weighted by molar-refractivity contribution is 8.01. The van der Waals surface area contributed by atoms with Crippen molar-refractivity contribution in [2.24, 2.45) is 0 Å². The quantitative estimate of drug-likeness (QED) is 0.710. The number of carbonyl (C=O) groups excluding carboxylic acids is 1. The van der Waals surface area contributed by atoms with Gasteiger partial charge in [-0.05, 0) is 0 Å². The second kappa shape index (κ2) is 7.96.